The number of H-pyrrole nitrogens is 1. The highest BCUT2D eigenvalue weighted by Gasteiger charge is 2.10. The zero-order valence-corrected chi connectivity index (χ0v) is 11.0. The minimum atomic E-state index is -0.578. The van der Waals surface area contributed by atoms with E-state index >= 15 is 0 Å². The van der Waals surface area contributed by atoms with Crippen molar-refractivity contribution < 1.29 is 14.9 Å². The number of fused-ring (bicyclic) bond motifs is 1. The zero-order chi connectivity index (χ0) is 13.7. The average molecular weight is 264 g/mol. The van der Waals surface area contributed by atoms with E-state index in [2.05, 4.69) is 4.98 Å². The Balaban J connectivity index is 1.89. The predicted octanol–water partition coefficient (Wildman–Crippen LogP) is 0.832. The number of benzene rings is 1. The molecule has 5 nitrogen and oxygen atoms in total. The van der Waals surface area contributed by atoms with Crippen LogP contribution in [0.5, 0.6) is 5.75 Å². The maximum Gasteiger partial charge on any atom is 0.128 e. The van der Waals surface area contributed by atoms with E-state index in [0.717, 1.165) is 16.7 Å². The van der Waals surface area contributed by atoms with Gasteiger partial charge < -0.3 is 24.8 Å². The van der Waals surface area contributed by atoms with E-state index in [4.69, 9.17) is 9.84 Å². The summed E-state index contributed by atoms with van der Waals surface area (Å²) in [5.74, 6) is 0.766. The van der Waals surface area contributed by atoms with E-state index < -0.39 is 6.10 Å². The van der Waals surface area contributed by atoms with Crippen LogP contribution < -0.4 is 4.74 Å². The van der Waals surface area contributed by atoms with Gasteiger partial charge in [0.1, 0.15) is 18.5 Å². The topological polar surface area (TPSA) is 68.7 Å². The average Bonchev–Trinajstić information content (AvgIpc) is 2.85. The number of likely N-dealkylation sites (N-methyl/N-ethyl adjacent to an activating group) is 1. The first-order valence-corrected chi connectivity index (χ1v) is 6.37. The molecule has 1 aromatic carbocycles. The number of aromatic amines is 1. The van der Waals surface area contributed by atoms with Gasteiger partial charge >= 0.3 is 0 Å². The van der Waals surface area contributed by atoms with Crippen molar-refractivity contribution in [1.29, 1.82) is 0 Å². The van der Waals surface area contributed by atoms with Crippen LogP contribution in [0.3, 0.4) is 0 Å². The molecule has 2 aromatic rings. The molecule has 0 saturated heterocycles. The second kappa shape index (κ2) is 6.56. The number of rotatable bonds is 7. The highest BCUT2D eigenvalue weighted by Crippen LogP contribution is 2.24. The van der Waals surface area contributed by atoms with Gasteiger partial charge in [-0.1, -0.05) is 6.07 Å². The van der Waals surface area contributed by atoms with Gasteiger partial charge in [0.05, 0.1) is 6.61 Å². The number of hydrogen-bond acceptors (Lipinski definition) is 4. The van der Waals surface area contributed by atoms with Gasteiger partial charge in [0.25, 0.3) is 0 Å². The monoisotopic (exact) mass is 264 g/mol. The van der Waals surface area contributed by atoms with Crippen molar-refractivity contribution in [3.05, 3.63) is 30.5 Å². The fourth-order valence-corrected chi connectivity index (χ4v) is 2.04. The van der Waals surface area contributed by atoms with E-state index in [1.807, 2.05) is 42.4 Å². The van der Waals surface area contributed by atoms with Crippen LogP contribution in [0.1, 0.15) is 0 Å². The molecule has 1 atom stereocenters. The maximum absolute atomic E-state index is 9.87. The predicted molar refractivity (Wildman–Crippen MR) is 74.4 cm³/mol. The summed E-state index contributed by atoms with van der Waals surface area (Å²) in [7, 11) is 1.85. The van der Waals surface area contributed by atoms with Gasteiger partial charge in [-0.2, -0.15) is 0 Å². The van der Waals surface area contributed by atoms with Crippen LogP contribution in [0.2, 0.25) is 0 Å². The molecule has 104 valence electrons. The standard InChI is InChI=1S/C14H20N2O3/c1-16(7-8-17)9-11(18)10-19-14-4-2-3-13-12(14)5-6-15-13/h2-6,11,15,17-18H,7-10H2,1H3. The lowest BCUT2D eigenvalue weighted by atomic mass is 10.2. The van der Waals surface area contributed by atoms with Crippen molar-refractivity contribution in [3.8, 4) is 5.75 Å². The Labute approximate surface area is 112 Å². The van der Waals surface area contributed by atoms with E-state index in [-0.39, 0.29) is 13.2 Å². The second-order valence-electron chi connectivity index (χ2n) is 4.65. The number of aliphatic hydroxyl groups is 2. The lowest BCUT2D eigenvalue weighted by molar-refractivity contribution is 0.0716. The molecule has 0 aliphatic carbocycles. The fourth-order valence-electron chi connectivity index (χ4n) is 2.04. The first-order chi connectivity index (χ1) is 9.20. The van der Waals surface area contributed by atoms with Crippen molar-refractivity contribution in [2.24, 2.45) is 0 Å². The van der Waals surface area contributed by atoms with Gasteiger partial charge in [0.15, 0.2) is 0 Å². The molecule has 0 fully saturated rings. The molecule has 19 heavy (non-hydrogen) atoms. The molecule has 0 aliphatic heterocycles. The molecule has 2 rings (SSSR count). The molecule has 1 unspecified atom stereocenters. The van der Waals surface area contributed by atoms with Crippen molar-refractivity contribution in [3.63, 3.8) is 0 Å². The van der Waals surface area contributed by atoms with Gasteiger partial charge in [-0.15, -0.1) is 0 Å². The van der Waals surface area contributed by atoms with Crippen LogP contribution in [-0.4, -0.2) is 59.6 Å². The van der Waals surface area contributed by atoms with E-state index in [1.165, 1.54) is 0 Å². The number of hydrogen-bond donors (Lipinski definition) is 3. The van der Waals surface area contributed by atoms with Crippen molar-refractivity contribution in [1.82, 2.24) is 9.88 Å². The Kier molecular flexibility index (Phi) is 4.79. The molecule has 0 spiro atoms. The Bertz CT molecular complexity index is 512. The Hall–Kier alpha value is -1.56. The summed E-state index contributed by atoms with van der Waals surface area (Å²) in [6, 6.07) is 7.74. The molecule has 5 heteroatoms. The fraction of sp³-hybridized carbons (Fsp3) is 0.429. The van der Waals surface area contributed by atoms with Crippen LogP contribution in [0.4, 0.5) is 0 Å². The zero-order valence-electron chi connectivity index (χ0n) is 11.0. The summed E-state index contributed by atoms with van der Waals surface area (Å²) in [6.45, 7) is 1.35. The summed E-state index contributed by atoms with van der Waals surface area (Å²) in [6.07, 6.45) is 1.29. The number of aliphatic hydroxyl groups excluding tert-OH is 2. The molecule has 0 radical (unpaired) electrons. The third-order valence-corrected chi connectivity index (χ3v) is 2.99. The first kappa shape index (κ1) is 13.9. The summed E-state index contributed by atoms with van der Waals surface area (Å²) in [5.41, 5.74) is 1.02. The maximum atomic E-state index is 9.87. The number of aromatic nitrogens is 1. The lowest BCUT2D eigenvalue weighted by Crippen LogP contribution is -2.34. The molecule has 3 N–H and O–H groups in total. The minimum Gasteiger partial charge on any atom is -0.490 e. The van der Waals surface area contributed by atoms with E-state index in [9.17, 15) is 5.11 Å². The Morgan fingerprint density at radius 2 is 2.21 bits per heavy atom. The van der Waals surface area contributed by atoms with Gasteiger partial charge in [-0.05, 0) is 25.2 Å². The molecular weight excluding hydrogens is 244 g/mol. The summed E-state index contributed by atoms with van der Waals surface area (Å²) in [4.78, 5) is 4.98. The number of nitrogens with one attached hydrogen (secondary N) is 1. The van der Waals surface area contributed by atoms with Crippen LogP contribution in [-0.2, 0) is 0 Å². The van der Waals surface area contributed by atoms with Gasteiger partial charge in [0.2, 0.25) is 0 Å². The SMILES string of the molecule is CN(CCO)CC(O)COc1cccc2[nH]ccc12. The normalized spacial score (nSPS) is 13.1. The second-order valence-corrected chi connectivity index (χ2v) is 4.65. The van der Waals surface area contributed by atoms with Gasteiger partial charge in [-0.25, -0.2) is 0 Å². The number of nitrogens with zero attached hydrogens (tertiary/aromatic N) is 1. The number of ether oxygens (including phenoxy) is 1. The van der Waals surface area contributed by atoms with Gasteiger partial charge in [0, 0.05) is 30.2 Å². The summed E-state index contributed by atoms with van der Waals surface area (Å²) >= 11 is 0. The lowest BCUT2D eigenvalue weighted by Gasteiger charge is -2.19. The first-order valence-electron chi connectivity index (χ1n) is 6.37. The third-order valence-electron chi connectivity index (χ3n) is 2.99. The van der Waals surface area contributed by atoms with Crippen LogP contribution in [0, 0.1) is 0 Å². The molecule has 0 bridgehead atoms. The Morgan fingerprint density at radius 3 is 3.00 bits per heavy atom. The molecule has 0 amide bonds. The molecular formula is C14H20N2O3. The largest absolute Gasteiger partial charge is 0.490 e. The van der Waals surface area contributed by atoms with Crippen LogP contribution in [0.15, 0.2) is 30.5 Å². The minimum absolute atomic E-state index is 0.0900. The molecule has 0 aliphatic rings. The Morgan fingerprint density at radius 1 is 1.37 bits per heavy atom. The molecule has 1 aromatic heterocycles. The highest BCUT2D eigenvalue weighted by atomic mass is 16.5. The smallest absolute Gasteiger partial charge is 0.128 e. The van der Waals surface area contributed by atoms with Crippen molar-refractivity contribution in [2.75, 3.05) is 33.4 Å². The van der Waals surface area contributed by atoms with Crippen molar-refractivity contribution >= 4 is 10.9 Å². The van der Waals surface area contributed by atoms with Gasteiger partial charge in [-0.3, -0.25) is 0 Å². The molecule has 1 heterocycles. The highest BCUT2D eigenvalue weighted by molar-refractivity contribution is 5.85. The van der Waals surface area contributed by atoms with E-state index in [0.29, 0.717) is 13.1 Å². The van der Waals surface area contributed by atoms with Crippen LogP contribution >= 0.6 is 0 Å². The molecule has 0 saturated carbocycles. The van der Waals surface area contributed by atoms with Crippen LogP contribution in [0.25, 0.3) is 10.9 Å². The van der Waals surface area contributed by atoms with Crippen molar-refractivity contribution in [2.45, 2.75) is 6.10 Å². The van der Waals surface area contributed by atoms with E-state index in [1.54, 1.807) is 0 Å². The summed E-state index contributed by atoms with van der Waals surface area (Å²) < 4.78 is 5.66. The third kappa shape index (κ3) is 3.70. The summed E-state index contributed by atoms with van der Waals surface area (Å²) in [5, 5.41) is 19.7. The quantitative estimate of drug-likeness (QED) is 0.693.